The molecule has 38 heavy (non-hydrogen) atoms. The number of imidazole rings is 1. The maximum absolute atomic E-state index is 11.1. The van der Waals surface area contributed by atoms with Gasteiger partial charge in [-0.25, -0.2) is 9.97 Å². The van der Waals surface area contributed by atoms with Crippen molar-refractivity contribution in [3.63, 3.8) is 0 Å². The van der Waals surface area contributed by atoms with E-state index in [1.807, 2.05) is 47.2 Å². The highest BCUT2D eigenvalue weighted by Gasteiger charge is 2.15. The molecule has 0 fully saturated rings. The smallest absolute Gasteiger partial charge is 0.236 e. The number of aromatic nitrogens is 3. The Hall–Kier alpha value is -3.84. The molecule has 0 aliphatic heterocycles. The third-order valence-electron chi connectivity index (χ3n) is 5.98. The van der Waals surface area contributed by atoms with E-state index in [4.69, 9.17) is 45.5 Å². The number of carbonyl (C=O) groups excluding carboxylic acids is 1. The van der Waals surface area contributed by atoms with Gasteiger partial charge >= 0.3 is 0 Å². The Labute approximate surface area is 235 Å². The van der Waals surface area contributed by atoms with Crippen molar-refractivity contribution in [2.45, 2.75) is 6.42 Å². The van der Waals surface area contributed by atoms with E-state index >= 15 is 0 Å². The Kier molecular flexibility index (Phi) is 7.65. The van der Waals surface area contributed by atoms with Crippen LogP contribution >= 0.6 is 34.8 Å². The highest BCUT2D eigenvalue weighted by molar-refractivity contribution is 6.36. The van der Waals surface area contributed by atoms with E-state index in [-0.39, 0.29) is 6.54 Å². The van der Waals surface area contributed by atoms with Gasteiger partial charge in [-0.05, 0) is 65.7 Å². The van der Waals surface area contributed by atoms with E-state index in [9.17, 15) is 4.79 Å². The summed E-state index contributed by atoms with van der Waals surface area (Å²) in [5, 5.41) is 4.56. The molecule has 0 saturated heterocycles. The zero-order valence-corrected chi connectivity index (χ0v) is 22.3. The summed E-state index contributed by atoms with van der Waals surface area (Å²) < 4.78 is 2.04. The van der Waals surface area contributed by atoms with Crippen LogP contribution in [-0.4, -0.2) is 27.0 Å². The van der Waals surface area contributed by atoms with Crippen LogP contribution in [-0.2, 0) is 11.2 Å². The Morgan fingerprint density at radius 3 is 2.29 bits per heavy atom. The Balaban J connectivity index is 1.48. The summed E-state index contributed by atoms with van der Waals surface area (Å²) in [5.41, 5.74) is 11.6. The minimum Gasteiger partial charge on any atom is -0.376 e. The van der Waals surface area contributed by atoms with Gasteiger partial charge in [0.15, 0.2) is 0 Å². The van der Waals surface area contributed by atoms with Crippen molar-refractivity contribution in [2.75, 3.05) is 11.9 Å². The lowest BCUT2D eigenvalue weighted by atomic mass is 10.0. The fourth-order valence-electron chi connectivity index (χ4n) is 4.07. The van der Waals surface area contributed by atoms with Crippen molar-refractivity contribution >= 4 is 46.4 Å². The van der Waals surface area contributed by atoms with E-state index in [0.29, 0.717) is 21.6 Å². The normalized spacial score (nSPS) is 10.9. The van der Waals surface area contributed by atoms with Crippen LogP contribution in [0.15, 0.2) is 91.3 Å². The van der Waals surface area contributed by atoms with E-state index in [2.05, 4.69) is 34.6 Å². The van der Waals surface area contributed by atoms with Crippen molar-refractivity contribution in [2.24, 2.45) is 5.73 Å². The molecule has 0 atom stereocenters. The number of primary amides is 1. The molecule has 2 heterocycles. The topological polar surface area (TPSA) is 85.8 Å². The highest BCUT2D eigenvalue weighted by atomic mass is 35.5. The molecular formula is C29H22Cl3N5O. The largest absolute Gasteiger partial charge is 0.376 e. The molecule has 3 aromatic carbocycles. The van der Waals surface area contributed by atoms with E-state index < -0.39 is 5.91 Å². The number of amides is 1. The molecule has 9 heteroatoms. The number of pyridine rings is 1. The van der Waals surface area contributed by atoms with Crippen molar-refractivity contribution in [1.82, 2.24) is 14.5 Å². The second kappa shape index (κ2) is 11.3. The van der Waals surface area contributed by atoms with E-state index in [0.717, 1.165) is 45.1 Å². The van der Waals surface area contributed by atoms with Crippen LogP contribution in [0.1, 0.15) is 11.4 Å². The lowest BCUT2D eigenvalue weighted by Crippen LogP contribution is -2.21. The number of carbonyl (C=O) groups is 1. The number of benzene rings is 3. The average molecular weight is 563 g/mol. The van der Waals surface area contributed by atoms with Gasteiger partial charge in [0.1, 0.15) is 11.0 Å². The summed E-state index contributed by atoms with van der Waals surface area (Å²) in [6, 6.07) is 25.1. The quantitative estimate of drug-likeness (QED) is 0.198. The third kappa shape index (κ3) is 6.00. The molecule has 2 aromatic heterocycles. The van der Waals surface area contributed by atoms with Crippen LogP contribution in [0.25, 0.3) is 28.1 Å². The lowest BCUT2D eigenvalue weighted by Gasteiger charge is -2.10. The van der Waals surface area contributed by atoms with Gasteiger partial charge in [-0.15, -0.1) is 0 Å². The maximum atomic E-state index is 11.1. The van der Waals surface area contributed by atoms with E-state index in [1.165, 1.54) is 0 Å². The monoisotopic (exact) mass is 561 g/mol. The molecule has 0 aliphatic rings. The number of nitrogens with zero attached hydrogens (tertiary/aromatic N) is 3. The van der Waals surface area contributed by atoms with Crippen LogP contribution in [0.4, 0.5) is 5.69 Å². The molecule has 0 unspecified atom stereocenters. The van der Waals surface area contributed by atoms with Crippen LogP contribution in [0.3, 0.4) is 0 Å². The minimum absolute atomic E-state index is 0.0664. The summed E-state index contributed by atoms with van der Waals surface area (Å²) in [5.74, 6) is 0.415. The minimum atomic E-state index is -0.422. The zero-order chi connectivity index (χ0) is 26.6. The molecule has 6 nitrogen and oxygen atoms in total. The first-order valence-corrected chi connectivity index (χ1v) is 12.9. The van der Waals surface area contributed by atoms with Gasteiger partial charge in [0, 0.05) is 46.3 Å². The van der Waals surface area contributed by atoms with Gasteiger partial charge in [-0.2, -0.15) is 0 Å². The summed E-state index contributed by atoms with van der Waals surface area (Å²) in [4.78, 5) is 20.2. The highest BCUT2D eigenvalue weighted by Crippen LogP contribution is 2.31. The first-order valence-electron chi connectivity index (χ1n) is 11.7. The Morgan fingerprint density at radius 2 is 1.63 bits per heavy atom. The van der Waals surface area contributed by atoms with E-state index in [1.54, 1.807) is 24.4 Å². The summed E-state index contributed by atoms with van der Waals surface area (Å²) in [6.45, 7) is 0.0664. The fourth-order valence-corrected chi connectivity index (χ4v) is 4.68. The number of rotatable bonds is 8. The van der Waals surface area contributed by atoms with Crippen molar-refractivity contribution in [1.29, 1.82) is 0 Å². The molecule has 190 valence electrons. The number of halogens is 3. The van der Waals surface area contributed by atoms with Crippen molar-refractivity contribution in [3.05, 3.63) is 118 Å². The molecule has 3 N–H and O–H groups in total. The molecule has 0 spiro atoms. The molecule has 0 aliphatic carbocycles. The molecule has 1 amide bonds. The molecule has 5 rings (SSSR count). The van der Waals surface area contributed by atoms with Gasteiger partial charge in [0.2, 0.25) is 5.91 Å². The molecule has 0 radical (unpaired) electrons. The second-order valence-electron chi connectivity index (χ2n) is 8.65. The number of nitrogens with one attached hydrogen (secondary N) is 1. The predicted octanol–water partition coefficient (Wildman–Crippen LogP) is 7.05. The fraction of sp³-hybridized carbons (Fsp3) is 0.0690. The SMILES string of the molecule is NC(=O)CNc1ccc(-n2cc(-c3ccc(Cl)cc3Cl)nc2Cc2ccc(-c3ccc(Cl)nc3)cc2)cc1. The number of nitrogens with two attached hydrogens (primary N) is 1. The van der Waals surface area contributed by atoms with Crippen LogP contribution in [0.5, 0.6) is 0 Å². The molecular weight excluding hydrogens is 541 g/mol. The standard InChI is InChI=1S/C29H22Cl3N5O/c30-21-6-11-24(25(31)14-21)26-17-37(23-9-7-22(8-10-23)34-16-28(33)38)29(36-26)13-18-1-3-19(4-2-18)20-5-12-27(32)35-15-20/h1-12,14-15,17,34H,13,16H2,(H2,33,38). The van der Waals surface area contributed by atoms with Gasteiger partial charge in [-0.1, -0.05) is 59.1 Å². The molecule has 0 bridgehead atoms. The van der Waals surface area contributed by atoms with Crippen LogP contribution in [0, 0.1) is 0 Å². The van der Waals surface area contributed by atoms with Crippen LogP contribution < -0.4 is 11.1 Å². The number of hydrogen-bond donors (Lipinski definition) is 2. The van der Waals surface area contributed by atoms with Crippen LogP contribution in [0.2, 0.25) is 15.2 Å². The first kappa shape index (κ1) is 25.8. The van der Waals surface area contributed by atoms with Crippen molar-refractivity contribution in [3.8, 4) is 28.1 Å². The lowest BCUT2D eigenvalue weighted by molar-refractivity contribution is -0.116. The van der Waals surface area contributed by atoms with Gasteiger partial charge in [0.25, 0.3) is 0 Å². The van der Waals surface area contributed by atoms with Gasteiger partial charge in [0.05, 0.1) is 17.3 Å². The average Bonchev–Trinajstić information content (AvgIpc) is 3.32. The van der Waals surface area contributed by atoms with Crippen molar-refractivity contribution < 1.29 is 4.79 Å². The number of hydrogen-bond acceptors (Lipinski definition) is 4. The Morgan fingerprint density at radius 1 is 0.895 bits per heavy atom. The summed E-state index contributed by atoms with van der Waals surface area (Å²) in [6.07, 6.45) is 4.31. The predicted molar refractivity (Wildman–Crippen MR) is 154 cm³/mol. The second-order valence-corrected chi connectivity index (χ2v) is 9.88. The summed E-state index contributed by atoms with van der Waals surface area (Å²) in [7, 11) is 0. The zero-order valence-electron chi connectivity index (χ0n) is 20.0. The van der Waals surface area contributed by atoms with Gasteiger partial charge in [-0.3, -0.25) is 4.79 Å². The molecule has 5 aromatic rings. The summed E-state index contributed by atoms with van der Waals surface area (Å²) >= 11 is 18.5. The van der Waals surface area contributed by atoms with Gasteiger partial charge < -0.3 is 15.6 Å². The molecule has 0 saturated carbocycles. The Bertz CT molecular complexity index is 1580. The maximum Gasteiger partial charge on any atom is 0.236 e. The first-order chi connectivity index (χ1) is 18.4. The number of anilines is 1. The third-order valence-corrected chi connectivity index (χ3v) is 6.75.